The Morgan fingerprint density at radius 3 is 2.28 bits per heavy atom. The van der Waals surface area contributed by atoms with Crippen molar-refractivity contribution in [3.05, 3.63) is 0 Å². The zero-order valence-corrected chi connectivity index (χ0v) is 12.9. The number of unbranched alkanes of at least 4 members (excludes halogenated alkanes) is 2. The SMILES string of the molecule is CCCCCOP(=O)(ON)ON(CCCl)CCCl. The van der Waals surface area contributed by atoms with Crippen molar-refractivity contribution in [2.75, 3.05) is 31.5 Å². The highest BCUT2D eigenvalue weighted by Gasteiger charge is 2.29. The Hall–Kier alpha value is 0.610. The number of phosphoric acid groups is 1. The molecule has 6 nitrogen and oxygen atoms in total. The van der Waals surface area contributed by atoms with Gasteiger partial charge in [0.1, 0.15) is 0 Å². The minimum atomic E-state index is -3.77. The first-order valence-electron chi connectivity index (χ1n) is 5.81. The first-order valence-corrected chi connectivity index (χ1v) is 8.34. The molecule has 18 heavy (non-hydrogen) atoms. The second-order valence-corrected chi connectivity index (χ2v) is 5.76. The molecular weight excluding hydrogens is 302 g/mol. The van der Waals surface area contributed by atoms with E-state index in [4.69, 9.17) is 38.2 Å². The van der Waals surface area contributed by atoms with Crippen LogP contribution >= 0.6 is 31.0 Å². The molecule has 0 aliphatic rings. The predicted octanol–water partition coefficient (Wildman–Crippen LogP) is 2.90. The molecule has 2 N–H and O–H groups in total. The van der Waals surface area contributed by atoms with Crippen LogP contribution in [-0.4, -0.2) is 36.5 Å². The third kappa shape index (κ3) is 8.67. The Bertz CT molecular complexity index is 243. The van der Waals surface area contributed by atoms with E-state index in [9.17, 15) is 4.57 Å². The fourth-order valence-electron chi connectivity index (χ4n) is 1.13. The van der Waals surface area contributed by atoms with Crippen LogP contribution in [0.1, 0.15) is 26.2 Å². The molecule has 0 aromatic carbocycles. The van der Waals surface area contributed by atoms with Gasteiger partial charge in [-0.1, -0.05) is 19.8 Å². The molecule has 0 bridgehead atoms. The molecule has 1 unspecified atom stereocenters. The van der Waals surface area contributed by atoms with Crippen LogP contribution in [0, 0.1) is 0 Å². The molecule has 9 heteroatoms. The lowest BCUT2D eigenvalue weighted by atomic mass is 10.3. The molecule has 0 fully saturated rings. The van der Waals surface area contributed by atoms with E-state index < -0.39 is 7.82 Å². The lowest BCUT2D eigenvalue weighted by Gasteiger charge is -2.23. The van der Waals surface area contributed by atoms with Crippen molar-refractivity contribution in [2.45, 2.75) is 26.2 Å². The number of alkyl halides is 2. The van der Waals surface area contributed by atoms with Crippen molar-refractivity contribution >= 4 is 31.0 Å². The van der Waals surface area contributed by atoms with Crippen LogP contribution in [0.15, 0.2) is 0 Å². The highest BCUT2D eigenvalue weighted by molar-refractivity contribution is 7.48. The van der Waals surface area contributed by atoms with Crippen molar-refractivity contribution in [1.82, 2.24) is 5.06 Å². The second kappa shape index (κ2) is 11.4. The fraction of sp³-hybridized carbons (Fsp3) is 1.00. The second-order valence-electron chi connectivity index (χ2n) is 3.48. The van der Waals surface area contributed by atoms with Gasteiger partial charge >= 0.3 is 7.82 Å². The van der Waals surface area contributed by atoms with E-state index in [-0.39, 0.29) is 6.61 Å². The van der Waals surface area contributed by atoms with Crippen molar-refractivity contribution in [1.29, 1.82) is 0 Å². The molecule has 0 saturated carbocycles. The maximum absolute atomic E-state index is 12.0. The summed E-state index contributed by atoms with van der Waals surface area (Å²) in [5, 5.41) is 1.33. The van der Waals surface area contributed by atoms with Crippen molar-refractivity contribution in [2.24, 2.45) is 5.90 Å². The van der Waals surface area contributed by atoms with Crippen LogP contribution in [-0.2, 0) is 18.3 Å². The third-order valence-electron chi connectivity index (χ3n) is 2.01. The number of hydroxylamine groups is 2. The number of nitrogens with two attached hydrogens (primary N) is 1. The van der Waals surface area contributed by atoms with Gasteiger partial charge in [-0.25, -0.2) is 10.5 Å². The van der Waals surface area contributed by atoms with E-state index >= 15 is 0 Å². The van der Waals surface area contributed by atoms with Crippen molar-refractivity contribution in [3.8, 4) is 0 Å². The van der Waals surface area contributed by atoms with E-state index in [1.807, 2.05) is 0 Å². The Morgan fingerprint density at radius 2 is 1.83 bits per heavy atom. The first kappa shape index (κ1) is 18.6. The standard InChI is InChI=1S/C9H21Cl2N2O4P/c1-2-3-4-9-15-18(14,16-12)17-13(7-5-10)8-6-11/h2-9,12H2,1H3. The van der Waals surface area contributed by atoms with Gasteiger partial charge in [0, 0.05) is 24.8 Å². The Kier molecular flexibility index (Phi) is 11.8. The van der Waals surface area contributed by atoms with E-state index in [1.54, 1.807) is 0 Å². The van der Waals surface area contributed by atoms with Gasteiger partial charge in [0.15, 0.2) is 0 Å². The summed E-state index contributed by atoms with van der Waals surface area (Å²) in [6.07, 6.45) is 2.76. The number of hydrogen-bond acceptors (Lipinski definition) is 6. The molecule has 0 saturated heterocycles. The predicted molar refractivity (Wildman–Crippen MR) is 72.5 cm³/mol. The molecule has 0 aliphatic heterocycles. The van der Waals surface area contributed by atoms with Crippen molar-refractivity contribution in [3.63, 3.8) is 0 Å². The quantitative estimate of drug-likeness (QED) is 0.258. The van der Waals surface area contributed by atoms with Crippen LogP contribution in [0.3, 0.4) is 0 Å². The van der Waals surface area contributed by atoms with E-state index in [0.717, 1.165) is 19.3 Å². The lowest BCUT2D eigenvalue weighted by molar-refractivity contribution is -0.0843. The van der Waals surface area contributed by atoms with Crippen LogP contribution in [0.25, 0.3) is 0 Å². The summed E-state index contributed by atoms with van der Waals surface area (Å²) in [6.45, 7) is 3.01. The lowest BCUT2D eigenvalue weighted by Crippen LogP contribution is -2.28. The van der Waals surface area contributed by atoms with E-state index in [1.165, 1.54) is 5.06 Å². The molecule has 0 amide bonds. The van der Waals surface area contributed by atoms with E-state index in [2.05, 4.69) is 11.5 Å². The summed E-state index contributed by atoms with van der Waals surface area (Å²) in [5.41, 5.74) is 0. The van der Waals surface area contributed by atoms with Crippen LogP contribution in [0.2, 0.25) is 0 Å². The summed E-state index contributed by atoms with van der Waals surface area (Å²) in [5.74, 6) is 5.56. The molecule has 0 aromatic rings. The van der Waals surface area contributed by atoms with Gasteiger partial charge in [0.05, 0.1) is 6.61 Å². The van der Waals surface area contributed by atoms with Gasteiger partial charge in [-0.15, -0.1) is 23.2 Å². The minimum Gasteiger partial charge on any atom is -0.285 e. The summed E-state index contributed by atoms with van der Waals surface area (Å²) >= 11 is 11.2. The highest BCUT2D eigenvalue weighted by atomic mass is 35.5. The molecule has 0 radical (unpaired) electrons. The Balaban J connectivity index is 4.20. The van der Waals surface area contributed by atoms with Gasteiger partial charge in [0.2, 0.25) is 0 Å². The van der Waals surface area contributed by atoms with Crippen molar-refractivity contribution < 1.29 is 18.3 Å². The first-order chi connectivity index (χ1) is 8.61. The zero-order chi connectivity index (χ0) is 13.9. The summed E-state index contributed by atoms with van der Waals surface area (Å²) in [4.78, 5) is 0. The normalized spacial score (nSPS) is 14.9. The zero-order valence-electron chi connectivity index (χ0n) is 10.5. The van der Waals surface area contributed by atoms with Crippen LogP contribution in [0.4, 0.5) is 0 Å². The maximum atomic E-state index is 12.0. The molecule has 0 aromatic heterocycles. The number of rotatable bonds is 12. The van der Waals surface area contributed by atoms with Gasteiger partial charge < -0.3 is 0 Å². The van der Waals surface area contributed by atoms with Gasteiger partial charge in [-0.2, -0.15) is 14.3 Å². The summed E-state index contributed by atoms with van der Waals surface area (Å²) in [6, 6.07) is 0. The number of halogens is 2. The molecule has 0 rings (SSSR count). The Morgan fingerprint density at radius 1 is 1.22 bits per heavy atom. The summed E-state index contributed by atoms with van der Waals surface area (Å²) in [7, 11) is -3.77. The molecular formula is C9H21Cl2N2O4P. The van der Waals surface area contributed by atoms with Crippen LogP contribution in [0.5, 0.6) is 0 Å². The monoisotopic (exact) mass is 322 g/mol. The van der Waals surface area contributed by atoms with Gasteiger partial charge in [-0.3, -0.25) is 4.52 Å². The average Bonchev–Trinajstić information content (AvgIpc) is 2.35. The minimum absolute atomic E-state index is 0.262. The smallest absolute Gasteiger partial charge is 0.285 e. The molecule has 0 spiro atoms. The highest BCUT2D eigenvalue weighted by Crippen LogP contribution is 2.48. The average molecular weight is 323 g/mol. The fourth-order valence-corrected chi connectivity index (χ4v) is 2.45. The molecule has 0 heterocycles. The van der Waals surface area contributed by atoms with Crippen LogP contribution < -0.4 is 5.90 Å². The number of hydrogen-bond donors (Lipinski definition) is 1. The van der Waals surface area contributed by atoms with E-state index in [0.29, 0.717) is 24.8 Å². The Labute approximate surface area is 118 Å². The van der Waals surface area contributed by atoms with Gasteiger partial charge in [-0.05, 0) is 6.42 Å². The largest absolute Gasteiger partial charge is 0.508 e. The molecule has 110 valence electrons. The summed E-state index contributed by atoms with van der Waals surface area (Å²) < 4.78 is 26.5. The molecule has 1 atom stereocenters. The number of nitrogens with zero attached hydrogens (tertiary/aromatic N) is 1. The maximum Gasteiger partial charge on any atom is 0.508 e. The van der Waals surface area contributed by atoms with Gasteiger partial charge in [0.25, 0.3) is 0 Å². The third-order valence-corrected chi connectivity index (χ3v) is 3.54. The molecule has 0 aliphatic carbocycles. The topological polar surface area (TPSA) is 74.0 Å².